The minimum absolute atomic E-state index is 0.0560. The Labute approximate surface area is 102 Å². The molecule has 1 N–H and O–H groups in total. The second kappa shape index (κ2) is 4.78. The van der Waals surface area contributed by atoms with Gasteiger partial charge in [0, 0.05) is 25.5 Å². The predicted octanol–water partition coefficient (Wildman–Crippen LogP) is 0.648. The highest BCUT2D eigenvalue weighted by molar-refractivity contribution is 7.91. The van der Waals surface area contributed by atoms with E-state index >= 15 is 0 Å². The normalized spacial score (nSPS) is 25.6. The second-order valence-corrected chi connectivity index (χ2v) is 6.97. The molecule has 0 aromatic carbocycles. The van der Waals surface area contributed by atoms with Gasteiger partial charge in [0.05, 0.1) is 17.5 Å². The molecule has 17 heavy (non-hydrogen) atoms. The molecule has 0 bridgehead atoms. The molecule has 96 valence electrons. The maximum atomic E-state index is 11.5. The number of aryl methyl sites for hydroxylation is 1. The molecular weight excluding hydrogens is 238 g/mol. The lowest BCUT2D eigenvalue weighted by molar-refractivity contribution is 0.422. The maximum Gasteiger partial charge on any atom is 0.151 e. The number of sulfone groups is 1. The van der Waals surface area contributed by atoms with Crippen LogP contribution in [0.5, 0.6) is 0 Å². The molecule has 5 nitrogen and oxygen atoms in total. The van der Waals surface area contributed by atoms with Crippen molar-refractivity contribution in [1.82, 2.24) is 14.9 Å². The largest absolute Gasteiger partial charge is 0.337 e. The molecule has 1 aromatic rings. The summed E-state index contributed by atoms with van der Waals surface area (Å²) in [6.07, 6.45) is 5.33. The van der Waals surface area contributed by atoms with E-state index in [2.05, 4.69) is 10.3 Å². The van der Waals surface area contributed by atoms with E-state index in [1.165, 1.54) is 0 Å². The lowest BCUT2D eigenvalue weighted by Gasteiger charge is -2.26. The summed E-state index contributed by atoms with van der Waals surface area (Å²) in [7, 11) is -0.904. The van der Waals surface area contributed by atoms with Gasteiger partial charge in [0.2, 0.25) is 0 Å². The molecule has 2 heterocycles. The molecule has 0 radical (unpaired) electrons. The van der Waals surface area contributed by atoms with Gasteiger partial charge in [-0.15, -0.1) is 0 Å². The van der Waals surface area contributed by atoms with Crippen molar-refractivity contribution < 1.29 is 8.42 Å². The van der Waals surface area contributed by atoms with E-state index in [1.807, 2.05) is 24.7 Å². The van der Waals surface area contributed by atoms with Crippen molar-refractivity contribution >= 4 is 9.84 Å². The van der Waals surface area contributed by atoms with Crippen LogP contribution in [0.15, 0.2) is 12.4 Å². The number of hydrogen-bond donors (Lipinski definition) is 1. The average Bonchev–Trinajstić information content (AvgIpc) is 2.62. The van der Waals surface area contributed by atoms with Gasteiger partial charge in [0.25, 0.3) is 0 Å². The third kappa shape index (κ3) is 3.07. The van der Waals surface area contributed by atoms with Crippen molar-refractivity contribution in [3.05, 3.63) is 18.2 Å². The highest BCUT2D eigenvalue weighted by atomic mass is 32.2. The Balaban J connectivity index is 2.00. The Morgan fingerprint density at radius 1 is 1.59 bits per heavy atom. The molecule has 0 aliphatic carbocycles. The van der Waals surface area contributed by atoms with Crippen molar-refractivity contribution in [3.63, 3.8) is 0 Å². The molecular formula is C11H19N3O2S. The molecule has 0 saturated carbocycles. The molecule has 1 aromatic heterocycles. The van der Waals surface area contributed by atoms with Crippen LogP contribution < -0.4 is 5.32 Å². The number of imidazole rings is 1. The topological polar surface area (TPSA) is 64.0 Å². The Kier molecular flexibility index (Phi) is 3.53. The van der Waals surface area contributed by atoms with Gasteiger partial charge in [0.15, 0.2) is 9.84 Å². The first kappa shape index (κ1) is 12.6. The zero-order valence-electron chi connectivity index (χ0n) is 10.3. The summed E-state index contributed by atoms with van der Waals surface area (Å²) in [4.78, 5) is 4.27. The van der Waals surface area contributed by atoms with Gasteiger partial charge < -0.3 is 9.88 Å². The minimum Gasteiger partial charge on any atom is -0.337 e. The van der Waals surface area contributed by atoms with Crippen LogP contribution in [0.2, 0.25) is 0 Å². The van der Waals surface area contributed by atoms with E-state index in [9.17, 15) is 8.42 Å². The van der Waals surface area contributed by atoms with Crippen LogP contribution in [0.1, 0.15) is 31.6 Å². The average molecular weight is 257 g/mol. The van der Waals surface area contributed by atoms with Crippen molar-refractivity contribution in [3.8, 4) is 0 Å². The van der Waals surface area contributed by atoms with Gasteiger partial charge in [-0.2, -0.15) is 0 Å². The Morgan fingerprint density at radius 2 is 2.35 bits per heavy atom. The van der Waals surface area contributed by atoms with Crippen molar-refractivity contribution in [2.75, 3.05) is 11.5 Å². The Hall–Kier alpha value is -0.880. The summed E-state index contributed by atoms with van der Waals surface area (Å²) in [6, 6.07) is 0.133. The van der Waals surface area contributed by atoms with Gasteiger partial charge in [-0.25, -0.2) is 13.4 Å². The quantitative estimate of drug-likeness (QED) is 0.863. The highest BCUT2D eigenvalue weighted by Gasteiger charge is 2.26. The molecule has 1 aliphatic heterocycles. The first-order valence-electron chi connectivity index (χ1n) is 5.91. The molecule has 2 atom stereocenters. The third-order valence-electron chi connectivity index (χ3n) is 3.19. The fraction of sp³-hybridized carbons (Fsp3) is 0.727. The van der Waals surface area contributed by atoms with Crippen LogP contribution in [-0.2, 0) is 16.9 Å². The van der Waals surface area contributed by atoms with Crippen molar-refractivity contribution in [2.24, 2.45) is 7.05 Å². The molecule has 1 aliphatic rings. The van der Waals surface area contributed by atoms with Crippen LogP contribution in [0.25, 0.3) is 0 Å². The summed E-state index contributed by atoms with van der Waals surface area (Å²) < 4.78 is 25.0. The molecule has 1 saturated heterocycles. The van der Waals surface area contributed by atoms with Crippen molar-refractivity contribution in [1.29, 1.82) is 0 Å². The zero-order chi connectivity index (χ0) is 12.5. The van der Waals surface area contributed by atoms with E-state index in [4.69, 9.17) is 0 Å². The highest BCUT2D eigenvalue weighted by Crippen LogP contribution is 2.16. The Bertz CT molecular complexity index is 481. The minimum atomic E-state index is -2.85. The van der Waals surface area contributed by atoms with Crippen LogP contribution in [0, 0.1) is 0 Å². The standard InChI is InChI=1S/C11H19N3O2S/c1-9(11-12-5-6-14(11)2)13-10-4-3-7-17(15,16)8-10/h5-6,9-10,13H,3-4,7-8H2,1-2H3. The molecule has 6 heteroatoms. The van der Waals surface area contributed by atoms with E-state index in [-0.39, 0.29) is 17.8 Å². The fourth-order valence-electron chi connectivity index (χ4n) is 2.38. The lowest BCUT2D eigenvalue weighted by atomic mass is 10.1. The van der Waals surface area contributed by atoms with Gasteiger partial charge >= 0.3 is 0 Å². The van der Waals surface area contributed by atoms with Gasteiger partial charge in [-0.1, -0.05) is 0 Å². The number of hydrogen-bond acceptors (Lipinski definition) is 4. The van der Waals surface area contributed by atoms with Crippen LogP contribution in [0.3, 0.4) is 0 Å². The van der Waals surface area contributed by atoms with Gasteiger partial charge in [-0.05, 0) is 19.8 Å². The number of nitrogens with zero attached hydrogens (tertiary/aromatic N) is 2. The molecule has 1 fully saturated rings. The van der Waals surface area contributed by atoms with Gasteiger partial charge in [-0.3, -0.25) is 0 Å². The third-order valence-corrected chi connectivity index (χ3v) is 5.02. The van der Waals surface area contributed by atoms with Crippen LogP contribution >= 0.6 is 0 Å². The maximum absolute atomic E-state index is 11.5. The van der Waals surface area contributed by atoms with Crippen LogP contribution in [-0.4, -0.2) is 35.5 Å². The van der Waals surface area contributed by atoms with E-state index in [0.717, 1.165) is 18.7 Å². The van der Waals surface area contributed by atoms with E-state index in [1.54, 1.807) is 6.20 Å². The zero-order valence-corrected chi connectivity index (χ0v) is 11.1. The predicted molar refractivity (Wildman–Crippen MR) is 66.4 cm³/mol. The van der Waals surface area contributed by atoms with Gasteiger partial charge in [0.1, 0.15) is 5.82 Å². The summed E-state index contributed by atoms with van der Waals surface area (Å²) in [6.45, 7) is 2.02. The van der Waals surface area contributed by atoms with Crippen LogP contribution in [0.4, 0.5) is 0 Å². The molecule has 2 rings (SSSR count). The molecule has 0 amide bonds. The first-order chi connectivity index (χ1) is 7.98. The Morgan fingerprint density at radius 3 is 2.94 bits per heavy atom. The summed E-state index contributed by atoms with van der Waals surface area (Å²) in [5, 5.41) is 3.36. The van der Waals surface area contributed by atoms with Crippen molar-refractivity contribution in [2.45, 2.75) is 31.8 Å². The smallest absolute Gasteiger partial charge is 0.151 e. The second-order valence-electron chi connectivity index (χ2n) is 4.74. The summed E-state index contributed by atoms with van der Waals surface area (Å²) >= 11 is 0. The summed E-state index contributed by atoms with van der Waals surface area (Å²) in [5.74, 6) is 1.52. The number of aromatic nitrogens is 2. The SMILES string of the molecule is CC(NC1CCCS(=O)(=O)C1)c1nccn1C. The number of rotatable bonds is 3. The first-order valence-corrected chi connectivity index (χ1v) is 7.74. The molecule has 2 unspecified atom stereocenters. The summed E-state index contributed by atoms with van der Waals surface area (Å²) in [5.41, 5.74) is 0. The number of nitrogens with one attached hydrogen (secondary N) is 1. The lowest BCUT2D eigenvalue weighted by Crippen LogP contribution is -2.41. The molecule has 0 spiro atoms. The fourth-order valence-corrected chi connectivity index (χ4v) is 4.03. The monoisotopic (exact) mass is 257 g/mol. The van der Waals surface area contributed by atoms with E-state index in [0.29, 0.717) is 5.75 Å². The van der Waals surface area contributed by atoms with E-state index < -0.39 is 9.84 Å².